The minimum atomic E-state index is -0.928. The molecule has 0 saturated heterocycles. The fourth-order valence-corrected chi connectivity index (χ4v) is 7.23. The van der Waals surface area contributed by atoms with Gasteiger partial charge in [0.05, 0.1) is 0 Å². The number of Topliss-reactive ketones (excluding diaryl/α,β-unsaturated/α-hetero) is 4. The summed E-state index contributed by atoms with van der Waals surface area (Å²) < 4.78 is 11.4. The van der Waals surface area contributed by atoms with Crippen molar-refractivity contribution in [2.24, 2.45) is 5.92 Å². The van der Waals surface area contributed by atoms with Crippen LogP contribution < -0.4 is 9.47 Å². The number of carbonyl (C=O) groups excluding carboxylic acids is 6. The highest BCUT2D eigenvalue weighted by atomic mass is 16.5. The van der Waals surface area contributed by atoms with Gasteiger partial charge in [-0.3, -0.25) is 19.2 Å². The van der Waals surface area contributed by atoms with Gasteiger partial charge in [-0.2, -0.15) is 0 Å². The van der Waals surface area contributed by atoms with Crippen molar-refractivity contribution in [1.82, 2.24) is 0 Å². The molecule has 1 atom stereocenters. The summed E-state index contributed by atoms with van der Waals surface area (Å²) in [5.41, 5.74) is 3.12. The Labute approximate surface area is 322 Å². The lowest BCUT2D eigenvalue weighted by atomic mass is 9.76. The van der Waals surface area contributed by atoms with Gasteiger partial charge in [-0.15, -0.1) is 0 Å². The van der Waals surface area contributed by atoms with Crippen LogP contribution in [-0.2, 0) is 25.6 Å². The van der Waals surface area contributed by atoms with Crippen LogP contribution in [0.4, 0.5) is 0 Å². The first-order valence-corrected chi connectivity index (χ1v) is 18.1. The lowest BCUT2D eigenvalue weighted by Crippen LogP contribution is -2.31. The van der Waals surface area contributed by atoms with E-state index >= 15 is 0 Å². The van der Waals surface area contributed by atoms with Gasteiger partial charge >= 0.3 is 11.9 Å². The van der Waals surface area contributed by atoms with Gasteiger partial charge < -0.3 is 9.47 Å². The van der Waals surface area contributed by atoms with E-state index in [1.807, 2.05) is 13.0 Å². The zero-order chi connectivity index (χ0) is 38.9. The molecule has 1 unspecified atom stereocenters. The summed E-state index contributed by atoms with van der Waals surface area (Å²) in [7, 11) is 0. The molecule has 0 fully saturated rings. The van der Waals surface area contributed by atoms with Gasteiger partial charge in [-0.05, 0) is 65.3 Å². The number of hydrogen-bond acceptors (Lipinski definition) is 8. The molecule has 0 saturated carbocycles. The number of esters is 2. The van der Waals surface area contributed by atoms with Crippen molar-refractivity contribution in [3.63, 3.8) is 0 Å². The molecule has 8 nitrogen and oxygen atoms in total. The molecule has 56 heavy (non-hydrogen) atoms. The number of carbonyl (C=O) groups is 6. The Balaban J connectivity index is 0.973. The summed E-state index contributed by atoms with van der Waals surface area (Å²) in [6, 6.07) is 37.2. The molecule has 0 N–H and O–H groups in total. The molecule has 3 aliphatic rings. The summed E-state index contributed by atoms with van der Waals surface area (Å²) in [6.45, 7) is 1.95. The second-order valence-corrected chi connectivity index (χ2v) is 13.8. The van der Waals surface area contributed by atoms with Gasteiger partial charge in [-0.25, -0.2) is 9.59 Å². The van der Waals surface area contributed by atoms with Gasteiger partial charge in [-0.1, -0.05) is 128 Å². The second-order valence-electron chi connectivity index (χ2n) is 13.8. The first-order valence-electron chi connectivity index (χ1n) is 18.1. The molecule has 0 radical (unpaired) electrons. The predicted molar refractivity (Wildman–Crippen MR) is 209 cm³/mol. The molecule has 8 heteroatoms. The smallest absolute Gasteiger partial charge is 0.348 e. The van der Waals surface area contributed by atoms with Crippen LogP contribution >= 0.6 is 0 Å². The number of ketones is 4. The van der Waals surface area contributed by atoms with Crippen LogP contribution in [0, 0.1) is 5.92 Å². The van der Waals surface area contributed by atoms with Crippen LogP contribution in [-0.4, -0.2) is 35.1 Å². The predicted octanol–water partition coefficient (Wildman–Crippen LogP) is 8.12. The standard InChI is InChI=1S/C48H32O8/c1-28-16-25-37-38(26-28)46(52)42(40(44(37)50)32-12-6-3-7-13-32)48(54)56-34-23-19-30(20-24-34)27-29-17-21-33(22-18-29)55-47(53)41-39(31-10-4-2-5-11-31)43(49)35-14-8-9-15-36(35)45(41)51/h2-25,28H,26-27H2,1H3. The first-order chi connectivity index (χ1) is 27.2. The molecule has 272 valence electrons. The Hall–Kier alpha value is -7.32. The largest absolute Gasteiger partial charge is 0.423 e. The number of benzene rings is 5. The third-order valence-electron chi connectivity index (χ3n) is 10.00. The van der Waals surface area contributed by atoms with Crippen molar-refractivity contribution in [2.75, 3.05) is 0 Å². The van der Waals surface area contributed by atoms with E-state index in [4.69, 9.17) is 9.47 Å². The zero-order valence-electron chi connectivity index (χ0n) is 30.1. The van der Waals surface area contributed by atoms with Crippen molar-refractivity contribution >= 4 is 46.2 Å². The number of hydrogen-bond donors (Lipinski definition) is 0. The van der Waals surface area contributed by atoms with Gasteiger partial charge in [0.1, 0.15) is 22.6 Å². The molecule has 0 aromatic heterocycles. The quantitative estimate of drug-likeness (QED) is 0.0678. The third kappa shape index (κ3) is 6.69. The van der Waals surface area contributed by atoms with Crippen LogP contribution in [0.3, 0.4) is 0 Å². The highest BCUT2D eigenvalue weighted by Crippen LogP contribution is 2.38. The van der Waals surface area contributed by atoms with Gasteiger partial charge in [0.25, 0.3) is 0 Å². The van der Waals surface area contributed by atoms with Gasteiger partial charge in [0.15, 0.2) is 17.3 Å². The van der Waals surface area contributed by atoms with Crippen molar-refractivity contribution < 1.29 is 38.2 Å². The monoisotopic (exact) mass is 736 g/mol. The summed E-state index contributed by atoms with van der Waals surface area (Å²) in [6.07, 6.45) is 4.41. The lowest BCUT2D eigenvalue weighted by molar-refractivity contribution is -0.132. The molecule has 0 aliphatic heterocycles. The number of rotatable bonds is 8. The van der Waals surface area contributed by atoms with E-state index in [9.17, 15) is 28.8 Å². The Bertz CT molecular complexity index is 2610. The first kappa shape index (κ1) is 35.7. The van der Waals surface area contributed by atoms with Gasteiger partial charge in [0, 0.05) is 33.4 Å². The van der Waals surface area contributed by atoms with E-state index in [-0.39, 0.29) is 56.6 Å². The number of ether oxygens (including phenoxy) is 2. The van der Waals surface area contributed by atoms with Gasteiger partial charge in [0.2, 0.25) is 5.78 Å². The Morgan fingerprint density at radius 1 is 0.536 bits per heavy atom. The van der Waals surface area contributed by atoms with Crippen molar-refractivity contribution in [3.8, 4) is 11.5 Å². The van der Waals surface area contributed by atoms with E-state index in [1.165, 1.54) is 6.07 Å². The fraction of sp³-hybridized carbons (Fsp3) is 0.0833. The third-order valence-corrected chi connectivity index (χ3v) is 10.00. The minimum Gasteiger partial charge on any atom is -0.423 e. The van der Waals surface area contributed by atoms with E-state index in [0.29, 0.717) is 35.1 Å². The molecule has 0 amide bonds. The summed E-state index contributed by atoms with van der Waals surface area (Å²) >= 11 is 0. The molecule has 0 bridgehead atoms. The van der Waals surface area contributed by atoms with Crippen LogP contribution in [0.2, 0.25) is 0 Å². The topological polar surface area (TPSA) is 121 Å². The second kappa shape index (κ2) is 14.8. The molecule has 5 aromatic carbocycles. The fourth-order valence-electron chi connectivity index (χ4n) is 7.23. The van der Waals surface area contributed by atoms with Crippen molar-refractivity contribution in [2.45, 2.75) is 19.8 Å². The molecular formula is C48H32O8. The highest BCUT2D eigenvalue weighted by molar-refractivity contribution is 6.47. The van der Waals surface area contributed by atoms with E-state index in [2.05, 4.69) is 0 Å². The molecule has 8 rings (SSSR count). The average Bonchev–Trinajstić information content (AvgIpc) is 3.22. The number of allylic oxidation sites excluding steroid dienone is 6. The van der Waals surface area contributed by atoms with Crippen molar-refractivity contribution in [3.05, 3.63) is 201 Å². The van der Waals surface area contributed by atoms with Crippen molar-refractivity contribution in [1.29, 1.82) is 0 Å². The Morgan fingerprint density at radius 2 is 0.982 bits per heavy atom. The molecule has 3 aliphatic carbocycles. The maximum absolute atomic E-state index is 13.8. The summed E-state index contributed by atoms with van der Waals surface area (Å²) in [4.78, 5) is 81.9. The van der Waals surface area contributed by atoms with Crippen LogP contribution in [0.5, 0.6) is 11.5 Å². The van der Waals surface area contributed by atoms with Crippen LogP contribution in [0.15, 0.2) is 168 Å². The summed E-state index contributed by atoms with van der Waals surface area (Å²) in [5.74, 6) is -3.26. The highest BCUT2D eigenvalue weighted by Gasteiger charge is 2.40. The van der Waals surface area contributed by atoms with Crippen LogP contribution in [0.1, 0.15) is 56.3 Å². The Morgan fingerprint density at radius 3 is 1.50 bits per heavy atom. The maximum Gasteiger partial charge on any atom is 0.348 e. The molecule has 0 heterocycles. The van der Waals surface area contributed by atoms with E-state index < -0.39 is 29.3 Å². The van der Waals surface area contributed by atoms with Crippen LogP contribution in [0.25, 0.3) is 11.1 Å². The van der Waals surface area contributed by atoms with E-state index in [1.54, 1.807) is 133 Å². The molecule has 5 aromatic rings. The molecule has 0 spiro atoms. The normalized spacial score (nSPS) is 16.5. The zero-order valence-corrected chi connectivity index (χ0v) is 30.1. The number of fused-ring (bicyclic) bond motifs is 1. The SMILES string of the molecule is CC1C=CC2=C(C1)C(=O)C(C(=O)Oc1ccc(Cc3ccc(OC(=O)C4=C(c5ccccc5)C(=O)c5ccccc5C4=O)cc3)cc1)=C(c1ccccc1)C2=O. The lowest BCUT2D eigenvalue weighted by Gasteiger charge is -2.25. The minimum absolute atomic E-state index is 0.0000441. The maximum atomic E-state index is 13.8. The Kier molecular flexibility index (Phi) is 9.46. The average molecular weight is 737 g/mol. The summed E-state index contributed by atoms with van der Waals surface area (Å²) in [5, 5.41) is 0. The van der Waals surface area contributed by atoms with E-state index in [0.717, 1.165) is 11.1 Å². The molecular weight excluding hydrogens is 705 g/mol.